The average molecular weight is 412 g/mol. The topological polar surface area (TPSA) is 49.9 Å². The minimum absolute atomic E-state index is 0.217. The summed E-state index contributed by atoms with van der Waals surface area (Å²) < 4.78 is 0. The highest BCUT2D eigenvalue weighted by atomic mass is 16.7. The monoisotopic (exact) mass is 412 g/mol. The predicted octanol–water partition coefficient (Wildman–Crippen LogP) is 4.61. The molecule has 2 saturated heterocycles. The first-order chi connectivity index (χ1) is 15.1. The number of fused-ring (bicyclic) bond motifs is 1. The van der Waals surface area contributed by atoms with Crippen molar-refractivity contribution in [3.8, 4) is 0 Å². The zero-order valence-electron chi connectivity index (χ0n) is 17.6. The Balaban J connectivity index is 1.58. The SMILES string of the molecule is CCc1ccc(N2C(=O)[C@H]3[C@@H](c4ccccc4C)N(c4ccccc4)O[C@H]3C2=O)cc1. The standard InChI is InChI=1S/C26H24N2O3/c1-3-18-13-15-19(16-14-18)27-25(29)22-23(21-12-8-7-9-17(21)2)28(31-24(22)26(27)30)20-10-5-4-6-11-20/h4-16,22-24H,3H2,1-2H3/t22-,23+,24+/m0/s1. The zero-order valence-corrected chi connectivity index (χ0v) is 17.6. The number of anilines is 2. The maximum absolute atomic E-state index is 13.6. The van der Waals surface area contributed by atoms with Gasteiger partial charge in [0.15, 0.2) is 6.10 Å². The smallest absolute Gasteiger partial charge is 0.266 e. The van der Waals surface area contributed by atoms with Gasteiger partial charge in [-0.1, -0.05) is 61.5 Å². The number of nitrogens with zero attached hydrogens (tertiary/aromatic N) is 2. The summed E-state index contributed by atoms with van der Waals surface area (Å²) in [6, 6.07) is 24.8. The van der Waals surface area contributed by atoms with Crippen molar-refractivity contribution in [2.24, 2.45) is 5.92 Å². The van der Waals surface area contributed by atoms with E-state index >= 15 is 0 Å². The van der Waals surface area contributed by atoms with Crippen LogP contribution in [0.1, 0.15) is 29.7 Å². The Labute approximate surface area is 181 Å². The fourth-order valence-electron chi connectivity index (χ4n) is 4.58. The molecule has 0 saturated carbocycles. The third-order valence-electron chi connectivity index (χ3n) is 6.24. The van der Waals surface area contributed by atoms with Gasteiger partial charge in [0.25, 0.3) is 5.91 Å². The molecule has 0 radical (unpaired) electrons. The lowest BCUT2D eigenvalue weighted by Crippen LogP contribution is -2.37. The lowest BCUT2D eigenvalue weighted by molar-refractivity contribution is -0.126. The van der Waals surface area contributed by atoms with Crippen LogP contribution >= 0.6 is 0 Å². The number of rotatable bonds is 4. The summed E-state index contributed by atoms with van der Waals surface area (Å²) in [5.74, 6) is -1.14. The number of hydrogen-bond acceptors (Lipinski definition) is 4. The van der Waals surface area contributed by atoms with Crippen LogP contribution < -0.4 is 9.96 Å². The van der Waals surface area contributed by atoms with Gasteiger partial charge in [-0.3, -0.25) is 14.4 Å². The molecule has 0 spiro atoms. The normalized spacial score (nSPS) is 22.8. The van der Waals surface area contributed by atoms with Gasteiger partial charge in [-0.2, -0.15) is 0 Å². The molecule has 0 bridgehead atoms. The van der Waals surface area contributed by atoms with E-state index in [1.165, 1.54) is 4.90 Å². The van der Waals surface area contributed by atoms with Crippen molar-refractivity contribution in [3.05, 3.63) is 95.6 Å². The van der Waals surface area contributed by atoms with Gasteiger partial charge in [0.1, 0.15) is 5.92 Å². The summed E-state index contributed by atoms with van der Waals surface area (Å²) in [7, 11) is 0. The summed E-state index contributed by atoms with van der Waals surface area (Å²) in [4.78, 5) is 34.5. The average Bonchev–Trinajstić information content (AvgIpc) is 3.31. The van der Waals surface area contributed by atoms with Crippen LogP contribution in [-0.2, 0) is 20.8 Å². The van der Waals surface area contributed by atoms with Gasteiger partial charge in [-0.25, -0.2) is 9.96 Å². The van der Waals surface area contributed by atoms with E-state index in [-0.39, 0.29) is 17.9 Å². The number of hydroxylamine groups is 1. The molecule has 156 valence electrons. The number of benzene rings is 3. The number of hydrogen-bond donors (Lipinski definition) is 0. The minimum atomic E-state index is -0.844. The number of amides is 2. The molecule has 2 aliphatic heterocycles. The summed E-state index contributed by atoms with van der Waals surface area (Å²) in [6.07, 6.45) is 0.0564. The highest BCUT2D eigenvalue weighted by Crippen LogP contribution is 2.48. The number of aryl methyl sites for hydroxylation is 2. The van der Waals surface area contributed by atoms with Crippen LogP contribution in [0.2, 0.25) is 0 Å². The Bertz CT molecular complexity index is 1130. The van der Waals surface area contributed by atoms with Crippen LogP contribution in [0.3, 0.4) is 0 Å². The molecule has 3 aromatic carbocycles. The molecule has 0 aliphatic carbocycles. The van der Waals surface area contributed by atoms with Gasteiger partial charge in [-0.15, -0.1) is 0 Å². The Morgan fingerprint density at radius 3 is 2.16 bits per heavy atom. The van der Waals surface area contributed by atoms with E-state index in [9.17, 15) is 9.59 Å². The van der Waals surface area contributed by atoms with E-state index in [4.69, 9.17) is 4.84 Å². The second kappa shape index (κ2) is 7.67. The summed E-state index contributed by atoms with van der Waals surface area (Å²) >= 11 is 0. The van der Waals surface area contributed by atoms with Crippen molar-refractivity contribution >= 4 is 23.2 Å². The van der Waals surface area contributed by atoms with Crippen LogP contribution in [0, 0.1) is 12.8 Å². The van der Waals surface area contributed by atoms with Gasteiger partial charge in [0.2, 0.25) is 5.91 Å². The maximum Gasteiger partial charge on any atom is 0.266 e. The molecule has 2 fully saturated rings. The lowest BCUT2D eigenvalue weighted by atomic mass is 9.88. The molecule has 0 N–H and O–H groups in total. The van der Waals surface area contributed by atoms with Crippen LogP contribution in [0.15, 0.2) is 78.9 Å². The Kier molecular flexibility index (Phi) is 4.83. The minimum Gasteiger partial charge on any atom is -0.273 e. The second-order valence-corrected chi connectivity index (χ2v) is 8.05. The first-order valence-corrected chi connectivity index (χ1v) is 10.6. The van der Waals surface area contributed by atoms with Gasteiger partial charge < -0.3 is 0 Å². The second-order valence-electron chi connectivity index (χ2n) is 8.05. The Hall–Kier alpha value is -3.44. The zero-order chi connectivity index (χ0) is 21.5. The molecule has 3 atom stereocenters. The van der Waals surface area contributed by atoms with Gasteiger partial charge in [0, 0.05) is 0 Å². The quantitative estimate of drug-likeness (QED) is 0.588. The predicted molar refractivity (Wildman–Crippen MR) is 120 cm³/mol. The molecule has 31 heavy (non-hydrogen) atoms. The van der Waals surface area contributed by atoms with E-state index in [1.807, 2.05) is 85.8 Å². The molecule has 5 nitrogen and oxygen atoms in total. The lowest BCUT2D eigenvalue weighted by Gasteiger charge is -2.29. The molecule has 3 aromatic rings. The van der Waals surface area contributed by atoms with E-state index in [2.05, 4.69) is 6.92 Å². The third-order valence-corrected chi connectivity index (χ3v) is 6.24. The molecule has 5 rings (SSSR count). The molecule has 0 aromatic heterocycles. The number of carbonyl (C=O) groups excluding carboxylic acids is 2. The van der Waals surface area contributed by atoms with Crippen molar-refractivity contribution in [1.29, 1.82) is 0 Å². The highest BCUT2D eigenvalue weighted by Gasteiger charge is 2.60. The van der Waals surface area contributed by atoms with E-state index < -0.39 is 12.0 Å². The molecule has 0 unspecified atom stereocenters. The fraction of sp³-hybridized carbons (Fsp3) is 0.231. The Morgan fingerprint density at radius 1 is 0.806 bits per heavy atom. The molecule has 2 amide bonds. The van der Waals surface area contributed by atoms with E-state index in [0.29, 0.717) is 5.69 Å². The van der Waals surface area contributed by atoms with E-state index in [1.54, 1.807) is 5.06 Å². The molecular formula is C26H24N2O3. The van der Waals surface area contributed by atoms with E-state index in [0.717, 1.165) is 28.8 Å². The number of imide groups is 1. The largest absolute Gasteiger partial charge is 0.273 e. The Morgan fingerprint density at radius 2 is 1.48 bits per heavy atom. The van der Waals surface area contributed by atoms with Crippen LogP contribution in [0.25, 0.3) is 0 Å². The first kappa shape index (κ1) is 19.5. The van der Waals surface area contributed by atoms with Gasteiger partial charge >= 0.3 is 0 Å². The van der Waals surface area contributed by atoms with Crippen LogP contribution in [0.5, 0.6) is 0 Å². The molecule has 5 heteroatoms. The van der Waals surface area contributed by atoms with Crippen molar-refractivity contribution in [2.75, 3.05) is 9.96 Å². The summed E-state index contributed by atoms with van der Waals surface area (Å²) in [5, 5.41) is 1.74. The van der Waals surface area contributed by atoms with Crippen molar-refractivity contribution in [2.45, 2.75) is 32.4 Å². The molecule has 2 aliphatic rings. The number of para-hydroxylation sites is 1. The fourth-order valence-corrected chi connectivity index (χ4v) is 4.58. The summed E-state index contributed by atoms with van der Waals surface area (Å²) in [6.45, 7) is 4.10. The van der Waals surface area contributed by atoms with Gasteiger partial charge in [0.05, 0.1) is 17.4 Å². The highest BCUT2D eigenvalue weighted by molar-refractivity contribution is 6.23. The number of carbonyl (C=O) groups is 2. The van der Waals surface area contributed by atoms with Gasteiger partial charge in [-0.05, 0) is 54.3 Å². The van der Waals surface area contributed by atoms with Crippen LogP contribution in [-0.4, -0.2) is 17.9 Å². The van der Waals surface area contributed by atoms with Crippen molar-refractivity contribution in [1.82, 2.24) is 0 Å². The van der Waals surface area contributed by atoms with Crippen molar-refractivity contribution in [3.63, 3.8) is 0 Å². The molecule has 2 heterocycles. The molecular weight excluding hydrogens is 388 g/mol. The maximum atomic E-state index is 13.6. The first-order valence-electron chi connectivity index (χ1n) is 10.6. The van der Waals surface area contributed by atoms with Crippen molar-refractivity contribution < 1.29 is 14.4 Å². The summed E-state index contributed by atoms with van der Waals surface area (Å²) in [5.41, 5.74) is 4.63. The third kappa shape index (κ3) is 3.13. The van der Waals surface area contributed by atoms with Crippen LogP contribution in [0.4, 0.5) is 11.4 Å².